The van der Waals surface area contributed by atoms with Crippen LogP contribution in [0, 0.1) is 0 Å². The van der Waals surface area contributed by atoms with Crippen LogP contribution in [-0.2, 0) is 0 Å². The highest BCUT2D eigenvalue weighted by atomic mass is 35.5. The summed E-state index contributed by atoms with van der Waals surface area (Å²) in [6.07, 6.45) is 2.44. The molecule has 0 aliphatic carbocycles. The molecule has 104 valence electrons. The van der Waals surface area contributed by atoms with Crippen LogP contribution in [0.2, 0.25) is 10.4 Å². The van der Waals surface area contributed by atoms with Gasteiger partial charge in [0.15, 0.2) is 22.3 Å². The van der Waals surface area contributed by atoms with Crippen LogP contribution in [0.15, 0.2) is 10.5 Å². The molecule has 0 radical (unpaired) electrons. The Hall–Kier alpha value is -1.13. The standard InChI is InChI=1S/C10H8Cl2N2O2.C3H8/c1-2-3-6(15)7-4-5-8(16-7)9(11)14-10(12)13-5;1-3-2/h4H,2-3H2,1H3;3H2,1-2H3. The fraction of sp³-hybridized carbons (Fsp3) is 0.462. The predicted molar refractivity (Wildman–Crippen MR) is 77.0 cm³/mol. The van der Waals surface area contributed by atoms with Gasteiger partial charge in [0, 0.05) is 12.5 Å². The van der Waals surface area contributed by atoms with E-state index in [1.165, 1.54) is 12.5 Å². The molecule has 0 fully saturated rings. The highest BCUT2D eigenvalue weighted by Crippen LogP contribution is 2.26. The molecule has 0 spiro atoms. The van der Waals surface area contributed by atoms with E-state index in [4.69, 9.17) is 27.6 Å². The molecule has 19 heavy (non-hydrogen) atoms. The molecule has 2 aromatic heterocycles. The number of carbonyl (C=O) groups excluding carboxylic acids is 1. The maximum atomic E-state index is 11.6. The maximum Gasteiger partial charge on any atom is 0.224 e. The first-order valence-corrected chi connectivity index (χ1v) is 6.94. The number of carbonyl (C=O) groups is 1. The predicted octanol–water partition coefficient (Wildman–Crippen LogP) is 4.93. The number of furan rings is 1. The SMILES string of the molecule is CCC.CCCC(=O)c1cc2nc(Cl)nc(Cl)c2o1. The Kier molecular flexibility index (Phi) is 6.25. The molecule has 2 heterocycles. The third kappa shape index (κ3) is 4.18. The minimum absolute atomic E-state index is 0.0350. The van der Waals surface area contributed by atoms with Crippen molar-refractivity contribution >= 4 is 40.1 Å². The number of hydrogen-bond acceptors (Lipinski definition) is 4. The molecular weight excluding hydrogens is 287 g/mol. The quantitative estimate of drug-likeness (QED) is 0.458. The first-order valence-electron chi connectivity index (χ1n) is 6.19. The topological polar surface area (TPSA) is 56.0 Å². The molecule has 4 nitrogen and oxygen atoms in total. The molecule has 0 saturated heterocycles. The van der Waals surface area contributed by atoms with Crippen molar-refractivity contribution in [3.63, 3.8) is 0 Å². The van der Waals surface area contributed by atoms with Crippen LogP contribution in [0.25, 0.3) is 11.1 Å². The molecule has 0 atom stereocenters. The second kappa shape index (κ2) is 7.46. The van der Waals surface area contributed by atoms with Gasteiger partial charge in [-0.25, -0.2) is 9.97 Å². The summed E-state index contributed by atoms with van der Waals surface area (Å²) in [6.45, 7) is 6.17. The Balaban J connectivity index is 0.000000550. The van der Waals surface area contributed by atoms with Crippen molar-refractivity contribution in [2.24, 2.45) is 0 Å². The minimum Gasteiger partial charge on any atom is -0.448 e. The van der Waals surface area contributed by atoms with E-state index < -0.39 is 0 Å². The lowest BCUT2D eigenvalue weighted by atomic mass is 10.2. The van der Waals surface area contributed by atoms with Crippen LogP contribution >= 0.6 is 23.2 Å². The number of Topliss-reactive ketones (excluding diaryl/α,β-unsaturated/α-hetero) is 1. The fourth-order valence-corrected chi connectivity index (χ4v) is 1.79. The molecule has 0 saturated carbocycles. The highest BCUT2D eigenvalue weighted by Gasteiger charge is 2.15. The summed E-state index contributed by atoms with van der Waals surface area (Å²) >= 11 is 11.5. The van der Waals surface area contributed by atoms with E-state index in [1.54, 1.807) is 0 Å². The van der Waals surface area contributed by atoms with Crippen LogP contribution in [0.5, 0.6) is 0 Å². The van der Waals surface area contributed by atoms with Gasteiger partial charge in [0.25, 0.3) is 0 Å². The smallest absolute Gasteiger partial charge is 0.224 e. The molecule has 0 amide bonds. The third-order valence-electron chi connectivity index (χ3n) is 2.05. The number of hydrogen-bond donors (Lipinski definition) is 0. The Labute approximate surface area is 122 Å². The molecule has 0 N–H and O–H groups in total. The van der Waals surface area contributed by atoms with Crippen LogP contribution in [0.3, 0.4) is 0 Å². The second-order valence-electron chi connectivity index (χ2n) is 3.99. The molecule has 6 heteroatoms. The lowest BCUT2D eigenvalue weighted by Gasteiger charge is -1.92. The summed E-state index contributed by atoms with van der Waals surface area (Å²) in [7, 11) is 0. The van der Waals surface area contributed by atoms with Crippen molar-refractivity contribution in [3.8, 4) is 0 Å². The first-order chi connectivity index (χ1) is 9.03. The number of fused-ring (bicyclic) bond motifs is 1. The zero-order valence-electron chi connectivity index (χ0n) is 11.2. The summed E-state index contributed by atoms with van der Waals surface area (Å²) in [5, 5.41) is 0.151. The summed E-state index contributed by atoms with van der Waals surface area (Å²) in [4.78, 5) is 19.3. The average molecular weight is 303 g/mol. The largest absolute Gasteiger partial charge is 0.448 e. The van der Waals surface area contributed by atoms with Gasteiger partial charge in [-0.2, -0.15) is 0 Å². The van der Waals surface area contributed by atoms with Gasteiger partial charge in [-0.3, -0.25) is 4.79 Å². The van der Waals surface area contributed by atoms with Crippen molar-refractivity contribution in [1.29, 1.82) is 0 Å². The van der Waals surface area contributed by atoms with Crippen molar-refractivity contribution in [2.75, 3.05) is 0 Å². The molecule has 0 aliphatic heterocycles. The van der Waals surface area contributed by atoms with Crippen LogP contribution in [-0.4, -0.2) is 15.8 Å². The Morgan fingerprint density at radius 3 is 2.47 bits per heavy atom. The number of ketones is 1. The van der Waals surface area contributed by atoms with Gasteiger partial charge in [0.05, 0.1) is 0 Å². The van der Waals surface area contributed by atoms with E-state index in [2.05, 4.69) is 23.8 Å². The van der Waals surface area contributed by atoms with Crippen molar-refractivity contribution < 1.29 is 9.21 Å². The number of rotatable bonds is 3. The molecule has 0 aromatic carbocycles. The van der Waals surface area contributed by atoms with Gasteiger partial charge in [-0.05, 0) is 18.0 Å². The van der Waals surface area contributed by atoms with E-state index in [0.717, 1.165) is 6.42 Å². The van der Waals surface area contributed by atoms with E-state index in [1.807, 2.05) is 6.92 Å². The first kappa shape index (κ1) is 15.9. The van der Waals surface area contributed by atoms with Gasteiger partial charge in [-0.15, -0.1) is 0 Å². The van der Waals surface area contributed by atoms with E-state index in [0.29, 0.717) is 17.5 Å². The van der Waals surface area contributed by atoms with Crippen molar-refractivity contribution in [2.45, 2.75) is 40.0 Å². The normalized spacial score (nSPS) is 10.2. The van der Waals surface area contributed by atoms with Gasteiger partial charge < -0.3 is 4.42 Å². The lowest BCUT2D eigenvalue weighted by molar-refractivity contribution is 0.0957. The van der Waals surface area contributed by atoms with Crippen molar-refractivity contribution in [3.05, 3.63) is 22.3 Å². The minimum atomic E-state index is -0.0762. The van der Waals surface area contributed by atoms with E-state index in [-0.39, 0.29) is 22.0 Å². The number of aromatic nitrogens is 2. The third-order valence-corrected chi connectivity index (χ3v) is 2.48. The molecule has 2 rings (SSSR count). The lowest BCUT2D eigenvalue weighted by Crippen LogP contribution is -1.94. The molecule has 2 aromatic rings. The van der Waals surface area contributed by atoms with Gasteiger partial charge in [0.2, 0.25) is 5.28 Å². The van der Waals surface area contributed by atoms with Gasteiger partial charge >= 0.3 is 0 Å². The monoisotopic (exact) mass is 302 g/mol. The zero-order chi connectivity index (χ0) is 14.4. The summed E-state index contributed by atoms with van der Waals surface area (Å²) in [5.74, 6) is 0.169. The molecule has 0 unspecified atom stereocenters. The van der Waals surface area contributed by atoms with Gasteiger partial charge in [0.1, 0.15) is 5.52 Å². The zero-order valence-corrected chi connectivity index (χ0v) is 12.7. The fourth-order valence-electron chi connectivity index (χ4n) is 1.36. The Morgan fingerprint density at radius 2 is 1.89 bits per heavy atom. The number of halogens is 2. The number of nitrogens with zero attached hydrogens (tertiary/aromatic N) is 2. The summed E-state index contributed by atoms with van der Waals surface area (Å²) in [5.41, 5.74) is 0.745. The van der Waals surface area contributed by atoms with Crippen LogP contribution < -0.4 is 0 Å². The average Bonchev–Trinajstić information content (AvgIpc) is 2.74. The van der Waals surface area contributed by atoms with Crippen molar-refractivity contribution in [1.82, 2.24) is 9.97 Å². The molecular formula is C13H16Cl2N2O2. The second-order valence-corrected chi connectivity index (χ2v) is 4.68. The highest BCUT2D eigenvalue weighted by molar-refractivity contribution is 6.35. The molecule has 0 bridgehead atoms. The Morgan fingerprint density at radius 1 is 1.26 bits per heavy atom. The summed E-state index contributed by atoms with van der Waals surface area (Å²) in [6, 6.07) is 1.53. The molecule has 0 aliphatic rings. The van der Waals surface area contributed by atoms with E-state index >= 15 is 0 Å². The van der Waals surface area contributed by atoms with Gasteiger partial charge in [-0.1, -0.05) is 38.8 Å². The summed E-state index contributed by atoms with van der Waals surface area (Å²) < 4.78 is 5.30. The Bertz CT molecular complexity index is 567. The van der Waals surface area contributed by atoms with Crippen LogP contribution in [0.4, 0.5) is 0 Å². The maximum absolute atomic E-state index is 11.6. The van der Waals surface area contributed by atoms with E-state index in [9.17, 15) is 4.79 Å². The van der Waals surface area contributed by atoms with Crippen LogP contribution in [0.1, 0.15) is 50.6 Å².